The van der Waals surface area contributed by atoms with Gasteiger partial charge in [0.15, 0.2) is 0 Å². The molecular formula is C13H21N3O. The maximum absolute atomic E-state index is 11.7. The molecule has 1 unspecified atom stereocenters. The number of rotatable bonds is 5. The second-order valence-electron chi connectivity index (χ2n) is 4.74. The molecule has 2 rings (SSSR count). The van der Waals surface area contributed by atoms with E-state index in [1.54, 1.807) is 0 Å². The van der Waals surface area contributed by atoms with E-state index in [0.717, 1.165) is 26.1 Å². The summed E-state index contributed by atoms with van der Waals surface area (Å²) in [6.45, 7) is 2.83. The van der Waals surface area contributed by atoms with Gasteiger partial charge in [-0.05, 0) is 49.9 Å². The fourth-order valence-corrected chi connectivity index (χ4v) is 2.29. The van der Waals surface area contributed by atoms with Crippen molar-refractivity contribution < 1.29 is 4.79 Å². The quantitative estimate of drug-likeness (QED) is 0.715. The third-order valence-electron chi connectivity index (χ3n) is 3.27. The first-order valence-electron chi connectivity index (χ1n) is 6.43. The summed E-state index contributed by atoms with van der Waals surface area (Å²) in [5.74, 6) is 0.713. The lowest BCUT2D eigenvalue weighted by Gasteiger charge is -2.22. The van der Waals surface area contributed by atoms with Crippen molar-refractivity contribution >= 4 is 5.91 Å². The zero-order valence-electron chi connectivity index (χ0n) is 10.2. The van der Waals surface area contributed by atoms with Crippen molar-refractivity contribution in [1.29, 1.82) is 0 Å². The largest absolute Gasteiger partial charge is 0.367 e. The van der Waals surface area contributed by atoms with Crippen molar-refractivity contribution in [3.63, 3.8) is 0 Å². The molecule has 1 aromatic heterocycles. The number of piperidine rings is 1. The van der Waals surface area contributed by atoms with Crippen LogP contribution in [-0.2, 0) is 11.2 Å². The summed E-state index contributed by atoms with van der Waals surface area (Å²) in [7, 11) is 0. The van der Waals surface area contributed by atoms with Gasteiger partial charge < -0.3 is 15.6 Å². The predicted octanol–water partition coefficient (Wildman–Crippen LogP) is 1.06. The molecule has 1 amide bonds. The highest BCUT2D eigenvalue weighted by atomic mass is 16.1. The lowest BCUT2D eigenvalue weighted by Crippen LogP contribution is -2.34. The van der Waals surface area contributed by atoms with E-state index >= 15 is 0 Å². The molecule has 1 aliphatic rings. The lowest BCUT2D eigenvalue weighted by atomic mass is 9.96. The van der Waals surface area contributed by atoms with Gasteiger partial charge in [0.25, 0.3) is 0 Å². The Morgan fingerprint density at radius 3 is 3.18 bits per heavy atom. The fraction of sp³-hybridized carbons (Fsp3) is 0.615. The van der Waals surface area contributed by atoms with Crippen molar-refractivity contribution in [2.45, 2.75) is 25.7 Å². The van der Waals surface area contributed by atoms with Gasteiger partial charge in [-0.15, -0.1) is 0 Å². The molecule has 1 atom stereocenters. The van der Waals surface area contributed by atoms with E-state index in [4.69, 9.17) is 0 Å². The summed E-state index contributed by atoms with van der Waals surface area (Å²) in [6, 6.07) is 2.04. The van der Waals surface area contributed by atoms with E-state index in [1.807, 2.05) is 18.5 Å². The number of nitrogens with one attached hydrogen (secondary N) is 3. The minimum absolute atomic E-state index is 0.189. The number of H-pyrrole nitrogens is 1. The minimum atomic E-state index is 0.189. The van der Waals surface area contributed by atoms with Crippen LogP contribution in [0.5, 0.6) is 0 Å². The van der Waals surface area contributed by atoms with Crippen molar-refractivity contribution in [1.82, 2.24) is 15.6 Å². The molecule has 0 aliphatic carbocycles. The molecule has 1 aromatic rings. The molecule has 3 N–H and O–H groups in total. The molecule has 1 fully saturated rings. The van der Waals surface area contributed by atoms with E-state index < -0.39 is 0 Å². The van der Waals surface area contributed by atoms with Gasteiger partial charge in [-0.3, -0.25) is 4.79 Å². The molecule has 0 radical (unpaired) electrons. The molecule has 0 saturated carbocycles. The third-order valence-corrected chi connectivity index (χ3v) is 3.27. The molecule has 2 heterocycles. The molecule has 0 bridgehead atoms. The van der Waals surface area contributed by atoms with Crippen LogP contribution in [0.1, 0.15) is 24.8 Å². The van der Waals surface area contributed by atoms with E-state index in [-0.39, 0.29) is 5.91 Å². The zero-order valence-corrected chi connectivity index (χ0v) is 10.2. The second kappa shape index (κ2) is 6.45. The Balaban J connectivity index is 1.60. The first-order valence-corrected chi connectivity index (χ1v) is 6.43. The van der Waals surface area contributed by atoms with Gasteiger partial charge in [0.2, 0.25) is 5.91 Å². The van der Waals surface area contributed by atoms with Crippen LogP contribution in [0, 0.1) is 5.92 Å². The lowest BCUT2D eigenvalue weighted by molar-refractivity contribution is -0.122. The van der Waals surface area contributed by atoms with Gasteiger partial charge in [0.05, 0.1) is 0 Å². The standard InChI is InChI=1S/C13H21N3O/c17-13(8-12-2-1-5-14-10-12)16-7-4-11-3-6-15-9-11/h3,6,9,12,14-15H,1-2,4-5,7-8,10H2,(H,16,17). The molecule has 0 aromatic carbocycles. The van der Waals surface area contributed by atoms with Crippen molar-refractivity contribution in [2.75, 3.05) is 19.6 Å². The highest BCUT2D eigenvalue weighted by molar-refractivity contribution is 5.76. The maximum Gasteiger partial charge on any atom is 0.220 e. The number of amides is 1. The van der Waals surface area contributed by atoms with Gasteiger partial charge in [-0.25, -0.2) is 0 Å². The Labute approximate surface area is 102 Å². The molecule has 1 aliphatic heterocycles. The number of carbonyl (C=O) groups excluding carboxylic acids is 1. The summed E-state index contributed by atoms with van der Waals surface area (Å²) in [5.41, 5.74) is 1.24. The summed E-state index contributed by atoms with van der Waals surface area (Å²) in [5, 5.41) is 6.32. The minimum Gasteiger partial charge on any atom is -0.367 e. The molecule has 17 heavy (non-hydrogen) atoms. The number of aromatic nitrogens is 1. The predicted molar refractivity (Wildman–Crippen MR) is 67.7 cm³/mol. The maximum atomic E-state index is 11.7. The van der Waals surface area contributed by atoms with Gasteiger partial charge in [0, 0.05) is 25.4 Å². The van der Waals surface area contributed by atoms with Gasteiger partial charge in [0.1, 0.15) is 0 Å². The molecule has 4 nitrogen and oxygen atoms in total. The number of hydrogen-bond acceptors (Lipinski definition) is 2. The smallest absolute Gasteiger partial charge is 0.220 e. The number of hydrogen-bond donors (Lipinski definition) is 3. The Morgan fingerprint density at radius 1 is 1.53 bits per heavy atom. The van der Waals surface area contributed by atoms with Crippen LogP contribution in [0.25, 0.3) is 0 Å². The molecule has 0 spiro atoms. The van der Waals surface area contributed by atoms with Gasteiger partial charge in [-0.1, -0.05) is 0 Å². The van der Waals surface area contributed by atoms with Crippen LogP contribution in [0.2, 0.25) is 0 Å². The summed E-state index contributed by atoms with van der Waals surface area (Å²) < 4.78 is 0. The second-order valence-corrected chi connectivity index (χ2v) is 4.74. The van der Waals surface area contributed by atoms with Crippen LogP contribution < -0.4 is 10.6 Å². The molecule has 4 heteroatoms. The Morgan fingerprint density at radius 2 is 2.47 bits per heavy atom. The first-order chi connectivity index (χ1) is 8.34. The SMILES string of the molecule is O=C(CC1CCCNC1)NCCc1cc[nH]c1. The number of aromatic amines is 1. The van der Waals surface area contributed by atoms with Crippen LogP contribution >= 0.6 is 0 Å². The fourth-order valence-electron chi connectivity index (χ4n) is 2.29. The van der Waals surface area contributed by atoms with Gasteiger partial charge in [-0.2, -0.15) is 0 Å². The van der Waals surface area contributed by atoms with Crippen molar-refractivity contribution in [3.8, 4) is 0 Å². The highest BCUT2D eigenvalue weighted by Gasteiger charge is 2.16. The van der Waals surface area contributed by atoms with Gasteiger partial charge >= 0.3 is 0 Å². The van der Waals surface area contributed by atoms with E-state index in [0.29, 0.717) is 12.3 Å². The van der Waals surface area contributed by atoms with Crippen molar-refractivity contribution in [3.05, 3.63) is 24.0 Å². The average Bonchev–Trinajstić information content (AvgIpc) is 2.83. The van der Waals surface area contributed by atoms with E-state index in [2.05, 4.69) is 15.6 Å². The van der Waals surface area contributed by atoms with Crippen LogP contribution in [-0.4, -0.2) is 30.5 Å². The zero-order chi connectivity index (χ0) is 11.9. The Hall–Kier alpha value is -1.29. The molecule has 94 valence electrons. The summed E-state index contributed by atoms with van der Waals surface area (Å²) in [4.78, 5) is 14.7. The van der Waals surface area contributed by atoms with Crippen LogP contribution in [0.15, 0.2) is 18.5 Å². The summed E-state index contributed by atoms with van der Waals surface area (Å²) >= 11 is 0. The molecule has 1 saturated heterocycles. The Bertz CT molecular complexity index is 328. The van der Waals surface area contributed by atoms with E-state index in [9.17, 15) is 4.79 Å². The molecular weight excluding hydrogens is 214 g/mol. The summed E-state index contributed by atoms with van der Waals surface area (Å²) in [6.07, 6.45) is 7.82. The van der Waals surface area contributed by atoms with Crippen molar-refractivity contribution in [2.24, 2.45) is 5.92 Å². The van der Waals surface area contributed by atoms with Crippen LogP contribution in [0.3, 0.4) is 0 Å². The first kappa shape index (κ1) is 12.2. The topological polar surface area (TPSA) is 56.9 Å². The highest BCUT2D eigenvalue weighted by Crippen LogP contribution is 2.13. The van der Waals surface area contributed by atoms with E-state index in [1.165, 1.54) is 18.4 Å². The average molecular weight is 235 g/mol. The number of carbonyl (C=O) groups is 1. The normalized spacial score (nSPS) is 20.1. The van der Waals surface area contributed by atoms with Crippen LogP contribution in [0.4, 0.5) is 0 Å². The third kappa shape index (κ3) is 4.23. The monoisotopic (exact) mass is 235 g/mol. The Kier molecular flexibility index (Phi) is 4.62.